The summed E-state index contributed by atoms with van der Waals surface area (Å²) in [6.07, 6.45) is 1.33. The Kier molecular flexibility index (Phi) is 5.37. The number of ether oxygens (including phenoxy) is 1. The summed E-state index contributed by atoms with van der Waals surface area (Å²) in [5.74, 6) is 1.37. The van der Waals surface area contributed by atoms with Crippen LogP contribution in [0.1, 0.15) is 43.5 Å². The summed E-state index contributed by atoms with van der Waals surface area (Å²) in [6, 6.07) is 7.69. The second-order valence-electron chi connectivity index (χ2n) is 6.87. The fourth-order valence-corrected chi connectivity index (χ4v) is 2.82. The molecule has 0 bridgehead atoms. The SMILES string of the molecule is CC(C)CN1C(=O)OCc2cnc(NC(C)c3ccc(CO)cc3)nc21. The second-order valence-corrected chi connectivity index (χ2v) is 6.87. The van der Waals surface area contributed by atoms with Crippen molar-refractivity contribution in [1.29, 1.82) is 0 Å². The molecule has 2 aromatic rings. The molecule has 2 N–H and O–H groups in total. The van der Waals surface area contributed by atoms with Gasteiger partial charge in [-0.25, -0.2) is 9.78 Å². The summed E-state index contributed by atoms with van der Waals surface area (Å²) in [6.45, 7) is 6.86. The van der Waals surface area contributed by atoms with E-state index in [0.717, 1.165) is 16.7 Å². The number of fused-ring (bicyclic) bond motifs is 1. The molecule has 1 amide bonds. The minimum atomic E-state index is -0.372. The van der Waals surface area contributed by atoms with Crippen molar-refractivity contribution in [2.45, 2.75) is 40.0 Å². The van der Waals surface area contributed by atoms with Gasteiger partial charge in [-0.05, 0) is 24.0 Å². The van der Waals surface area contributed by atoms with Gasteiger partial charge in [0.2, 0.25) is 5.95 Å². The number of cyclic esters (lactones) is 1. The third-order valence-corrected chi connectivity index (χ3v) is 4.22. The minimum Gasteiger partial charge on any atom is -0.444 e. The minimum absolute atomic E-state index is 0.0186. The van der Waals surface area contributed by atoms with E-state index in [4.69, 9.17) is 9.84 Å². The summed E-state index contributed by atoms with van der Waals surface area (Å²) in [5.41, 5.74) is 2.73. The first-order valence-electron chi connectivity index (χ1n) is 8.74. The van der Waals surface area contributed by atoms with E-state index in [2.05, 4.69) is 15.3 Å². The maximum atomic E-state index is 12.1. The van der Waals surface area contributed by atoms with E-state index in [0.29, 0.717) is 24.2 Å². The molecule has 26 heavy (non-hydrogen) atoms. The van der Waals surface area contributed by atoms with Gasteiger partial charge in [-0.3, -0.25) is 4.90 Å². The zero-order chi connectivity index (χ0) is 18.7. The number of aromatic nitrogens is 2. The lowest BCUT2D eigenvalue weighted by atomic mass is 10.1. The third kappa shape index (κ3) is 3.94. The van der Waals surface area contributed by atoms with E-state index in [9.17, 15) is 4.79 Å². The van der Waals surface area contributed by atoms with Crippen molar-refractivity contribution in [3.8, 4) is 0 Å². The summed E-state index contributed by atoms with van der Waals surface area (Å²) < 4.78 is 5.20. The number of rotatable bonds is 6. The molecule has 1 unspecified atom stereocenters. The average molecular weight is 356 g/mol. The molecule has 0 saturated heterocycles. The molecule has 0 spiro atoms. The van der Waals surface area contributed by atoms with Crippen LogP contribution in [0.4, 0.5) is 16.6 Å². The van der Waals surface area contributed by atoms with Gasteiger partial charge in [-0.2, -0.15) is 4.98 Å². The first-order chi connectivity index (χ1) is 12.5. The van der Waals surface area contributed by atoms with Crippen LogP contribution >= 0.6 is 0 Å². The first kappa shape index (κ1) is 18.1. The van der Waals surface area contributed by atoms with Crippen LogP contribution in [0.3, 0.4) is 0 Å². The van der Waals surface area contributed by atoms with Crippen LogP contribution < -0.4 is 10.2 Å². The Morgan fingerprint density at radius 1 is 1.27 bits per heavy atom. The Morgan fingerprint density at radius 3 is 2.65 bits per heavy atom. The zero-order valence-corrected chi connectivity index (χ0v) is 15.3. The molecule has 7 nitrogen and oxygen atoms in total. The number of anilines is 2. The van der Waals surface area contributed by atoms with E-state index < -0.39 is 0 Å². The van der Waals surface area contributed by atoms with E-state index in [1.54, 1.807) is 11.1 Å². The van der Waals surface area contributed by atoms with Crippen LogP contribution in [-0.2, 0) is 18.0 Å². The molecule has 2 heterocycles. The molecule has 1 aromatic heterocycles. The first-order valence-corrected chi connectivity index (χ1v) is 8.74. The van der Waals surface area contributed by atoms with Crippen LogP contribution in [0.15, 0.2) is 30.5 Å². The van der Waals surface area contributed by atoms with E-state index in [-0.39, 0.29) is 25.3 Å². The molecule has 0 fully saturated rings. The second kappa shape index (κ2) is 7.70. The van der Waals surface area contributed by atoms with Gasteiger partial charge in [0.1, 0.15) is 12.4 Å². The Morgan fingerprint density at radius 2 is 2.00 bits per heavy atom. The van der Waals surface area contributed by atoms with Crippen molar-refractivity contribution in [3.05, 3.63) is 47.2 Å². The van der Waals surface area contributed by atoms with Gasteiger partial charge in [0.15, 0.2) is 0 Å². The van der Waals surface area contributed by atoms with Crippen molar-refractivity contribution in [2.24, 2.45) is 5.92 Å². The highest BCUT2D eigenvalue weighted by molar-refractivity contribution is 5.89. The number of carbonyl (C=O) groups is 1. The van der Waals surface area contributed by atoms with Gasteiger partial charge in [0.25, 0.3) is 0 Å². The molecule has 1 aromatic carbocycles. The number of benzene rings is 1. The zero-order valence-electron chi connectivity index (χ0n) is 15.3. The fraction of sp³-hybridized carbons (Fsp3) is 0.421. The monoisotopic (exact) mass is 356 g/mol. The number of carbonyl (C=O) groups excluding carboxylic acids is 1. The van der Waals surface area contributed by atoms with Gasteiger partial charge in [0.05, 0.1) is 18.2 Å². The predicted octanol–water partition coefficient (Wildman–Crippen LogP) is 3.25. The summed E-state index contributed by atoms with van der Waals surface area (Å²) >= 11 is 0. The largest absolute Gasteiger partial charge is 0.444 e. The normalized spacial score (nSPS) is 14.8. The van der Waals surface area contributed by atoms with Gasteiger partial charge >= 0.3 is 6.09 Å². The highest BCUT2D eigenvalue weighted by Crippen LogP contribution is 2.27. The molecule has 0 aliphatic carbocycles. The van der Waals surface area contributed by atoms with Crippen LogP contribution in [0.25, 0.3) is 0 Å². The molecule has 1 aliphatic rings. The van der Waals surface area contributed by atoms with Crippen LogP contribution in [0, 0.1) is 5.92 Å². The van der Waals surface area contributed by atoms with Crippen molar-refractivity contribution in [2.75, 3.05) is 16.8 Å². The van der Waals surface area contributed by atoms with Crippen LogP contribution in [-0.4, -0.2) is 27.7 Å². The number of hydrogen-bond donors (Lipinski definition) is 2. The molecule has 1 aliphatic heterocycles. The molecular weight excluding hydrogens is 332 g/mol. The number of aliphatic hydroxyl groups excluding tert-OH is 1. The third-order valence-electron chi connectivity index (χ3n) is 4.22. The topological polar surface area (TPSA) is 87.6 Å². The van der Waals surface area contributed by atoms with Crippen LogP contribution in [0.2, 0.25) is 0 Å². The van der Waals surface area contributed by atoms with E-state index in [1.807, 2.05) is 45.0 Å². The lowest BCUT2D eigenvalue weighted by molar-refractivity contribution is 0.140. The highest BCUT2D eigenvalue weighted by Gasteiger charge is 2.28. The number of amides is 1. The Labute approximate surface area is 153 Å². The summed E-state index contributed by atoms with van der Waals surface area (Å²) in [4.78, 5) is 22.6. The number of hydrogen-bond acceptors (Lipinski definition) is 6. The molecular formula is C19H24N4O3. The predicted molar refractivity (Wildman–Crippen MR) is 98.8 cm³/mol. The number of nitrogens with zero attached hydrogens (tertiary/aromatic N) is 3. The van der Waals surface area contributed by atoms with Gasteiger partial charge in [-0.15, -0.1) is 0 Å². The highest BCUT2D eigenvalue weighted by atomic mass is 16.6. The van der Waals surface area contributed by atoms with Crippen molar-refractivity contribution in [1.82, 2.24) is 9.97 Å². The van der Waals surface area contributed by atoms with Gasteiger partial charge < -0.3 is 15.2 Å². The lowest BCUT2D eigenvalue weighted by Crippen LogP contribution is -2.39. The van der Waals surface area contributed by atoms with E-state index in [1.165, 1.54) is 0 Å². The maximum Gasteiger partial charge on any atom is 0.415 e. The smallest absolute Gasteiger partial charge is 0.415 e. The Bertz CT molecular complexity index is 777. The standard InChI is InChI=1S/C19H24N4O3/c1-12(2)9-23-17-16(11-26-19(23)25)8-20-18(22-17)21-13(3)15-6-4-14(10-24)5-7-15/h4-8,12-13,24H,9-11H2,1-3H3,(H,20,21,22). The maximum absolute atomic E-state index is 12.1. The van der Waals surface area contributed by atoms with Gasteiger partial charge in [0, 0.05) is 12.7 Å². The van der Waals surface area contributed by atoms with Gasteiger partial charge in [-0.1, -0.05) is 38.1 Å². The molecule has 0 saturated carbocycles. The van der Waals surface area contributed by atoms with E-state index >= 15 is 0 Å². The number of aliphatic hydroxyl groups is 1. The van der Waals surface area contributed by atoms with Crippen molar-refractivity contribution in [3.63, 3.8) is 0 Å². The Balaban J connectivity index is 1.80. The van der Waals surface area contributed by atoms with Crippen molar-refractivity contribution < 1.29 is 14.6 Å². The molecule has 138 valence electrons. The molecule has 3 rings (SSSR count). The summed E-state index contributed by atoms with van der Waals surface area (Å²) in [7, 11) is 0. The Hall–Kier alpha value is -2.67. The van der Waals surface area contributed by atoms with Crippen LogP contribution in [0.5, 0.6) is 0 Å². The average Bonchev–Trinajstić information content (AvgIpc) is 2.64. The molecule has 0 radical (unpaired) electrons. The lowest BCUT2D eigenvalue weighted by Gasteiger charge is -2.29. The molecule has 7 heteroatoms. The number of nitrogens with one attached hydrogen (secondary N) is 1. The quantitative estimate of drug-likeness (QED) is 0.826. The molecule has 1 atom stereocenters. The summed E-state index contributed by atoms with van der Waals surface area (Å²) in [5, 5.41) is 12.4. The van der Waals surface area contributed by atoms with Crippen molar-refractivity contribution >= 4 is 17.9 Å². The fourth-order valence-electron chi connectivity index (χ4n) is 2.82.